The van der Waals surface area contributed by atoms with Gasteiger partial charge in [0.25, 0.3) is 5.91 Å². The minimum atomic E-state index is -4.94. The lowest BCUT2D eigenvalue weighted by molar-refractivity contribution is -0.207. The van der Waals surface area contributed by atoms with Gasteiger partial charge < -0.3 is 5.11 Å². The number of para-hydroxylation sites is 1. The zero-order valence-corrected chi connectivity index (χ0v) is 20.9. The standard InChI is InChI=1S/C24H21ClF3N7O4/c25-16-8-6-15(7-9-16)21-31-33(23(38)32(21)12-19(36)24(26,27)28)13-20-29-14-34(30-20)18-5-2-1-4-17(18)22(37)35-10-3-11-39-35/h1-2,4-9,14,19,36H,3,10-13H2. The number of hydrogen-bond acceptors (Lipinski definition) is 7. The molecule has 204 valence electrons. The highest BCUT2D eigenvalue weighted by atomic mass is 35.5. The van der Waals surface area contributed by atoms with Crippen molar-refractivity contribution in [1.82, 2.24) is 34.2 Å². The number of benzene rings is 2. The predicted molar refractivity (Wildman–Crippen MR) is 131 cm³/mol. The molecule has 2 aromatic carbocycles. The van der Waals surface area contributed by atoms with Crippen LogP contribution in [0.1, 0.15) is 22.6 Å². The van der Waals surface area contributed by atoms with E-state index in [4.69, 9.17) is 16.4 Å². The Morgan fingerprint density at radius 3 is 2.56 bits per heavy atom. The largest absolute Gasteiger partial charge is 0.416 e. The van der Waals surface area contributed by atoms with Gasteiger partial charge in [-0.1, -0.05) is 23.7 Å². The number of aliphatic hydroxyl groups is 1. The Balaban J connectivity index is 1.46. The first kappa shape index (κ1) is 26.6. The fourth-order valence-corrected chi connectivity index (χ4v) is 4.14. The van der Waals surface area contributed by atoms with Crippen LogP contribution in [-0.4, -0.2) is 70.6 Å². The molecular weight excluding hydrogens is 543 g/mol. The number of halogens is 4. The van der Waals surface area contributed by atoms with Crippen molar-refractivity contribution in [1.29, 1.82) is 0 Å². The summed E-state index contributed by atoms with van der Waals surface area (Å²) in [5, 5.41) is 19.8. The van der Waals surface area contributed by atoms with E-state index in [0.717, 1.165) is 15.7 Å². The van der Waals surface area contributed by atoms with E-state index in [9.17, 15) is 27.9 Å². The van der Waals surface area contributed by atoms with Crippen molar-refractivity contribution < 1.29 is 27.9 Å². The summed E-state index contributed by atoms with van der Waals surface area (Å²) in [6.45, 7) is -0.440. The molecule has 4 aromatic rings. The average Bonchev–Trinajstić information content (AvgIpc) is 3.67. The van der Waals surface area contributed by atoms with Gasteiger partial charge in [-0.3, -0.25) is 14.2 Å². The number of alkyl halides is 3. The van der Waals surface area contributed by atoms with Gasteiger partial charge in [0.2, 0.25) is 0 Å². The first-order valence-corrected chi connectivity index (χ1v) is 12.1. The Kier molecular flexibility index (Phi) is 7.25. The third-order valence-corrected chi connectivity index (χ3v) is 6.20. The molecule has 3 heterocycles. The highest BCUT2D eigenvalue weighted by Gasteiger charge is 2.39. The summed E-state index contributed by atoms with van der Waals surface area (Å²) in [4.78, 5) is 35.6. The number of rotatable bonds is 7. The summed E-state index contributed by atoms with van der Waals surface area (Å²) in [6.07, 6.45) is -5.66. The lowest BCUT2D eigenvalue weighted by Gasteiger charge is -2.16. The van der Waals surface area contributed by atoms with Crippen molar-refractivity contribution in [3.8, 4) is 17.1 Å². The Hall–Kier alpha value is -4.01. The molecular formula is C24H21ClF3N7O4. The smallest absolute Gasteiger partial charge is 0.382 e. The van der Waals surface area contributed by atoms with Crippen LogP contribution in [0.15, 0.2) is 59.7 Å². The molecule has 1 saturated heterocycles. The molecule has 1 amide bonds. The maximum atomic E-state index is 13.1. The fourth-order valence-electron chi connectivity index (χ4n) is 4.01. The van der Waals surface area contributed by atoms with Crippen LogP contribution in [0.3, 0.4) is 0 Å². The van der Waals surface area contributed by atoms with Crippen LogP contribution in [0.2, 0.25) is 5.02 Å². The van der Waals surface area contributed by atoms with Gasteiger partial charge in [0, 0.05) is 10.6 Å². The van der Waals surface area contributed by atoms with Gasteiger partial charge in [0.15, 0.2) is 17.8 Å². The Morgan fingerprint density at radius 2 is 1.87 bits per heavy atom. The minimum Gasteiger partial charge on any atom is -0.382 e. The van der Waals surface area contributed by atoms with Crippen molar-refractivity contribution in [2.24, 2.45) is 0 Å². The number of hydrogen-bond donors (Lipinski definition) is 1. The number of carbonyl (C=O) groups is 1. The van der Waals surface area contributed by atoms with Crippen molar-refractivity contribution >= 4 is 17.5 Å². The van der Waals surface area contributed by atoms with Crippen LogP contribution < -0.4 is 5.69 Å². The summed E-state index contributed by atoms with van der Waals surface area (Å²) in [5.74, 6) is -0.327. The summed E-state index contributed by atoms with van der Waals surface area (Å²) in [6, 6.07) is 12.7. The SMILES string of the molecule is O=C(c1ccccc1-n1cnc(Cn2nc(-c3ccc(Cl)cc3)n(CC(O)C(F)(F)F)c2=O)n1)N1CCCO1. The number of amides is 1. The summed E-state index contributed by atoms with van der Waals surface area (Å²) in [7, 11) is 0. The number of carbonyl (C=O) groups excluding carboxylic acids is 1. The molecule has 5 rings (SSSR count). The van der Waals surface area contributed by atoms with Crippen molar-refractivity contribution in [3.05, 3.63) is 81.8 Å². The Morgan fingerprint density at radius 1 is 1.13 bits per heavy atom. The van der Waals surface area contributed by atoms with Crippen LogP contribution in [0.25, 0.3) is 17.1 Å². The predicted octanol–water partition coefficient (Wildman–Crippen LogP) is 2.69. The molecule has 1 unspecified atom stereocenters. The maximum absolute atomic E-state index is 13.1. The second-order valence-electron chi connectivity index (χ2n) is 8.66. The lowest BCUT2D eigenvalue weighted by atomic mass is 10.1. The summed E-state index contributed by atoms with van der Waals surface area (Å²) >= 11 is 5.91. The Labute approximate surface area is 223 Å². The van der Waals surface area contributed by atoms with E-state index < -0.39 is 24.5 Å². The molecule has 1 fully saturated rings. The van der Waals surface area contributed by atoms with E-state index in [0.29, 0.717) is 35.0 Å². The van der Waals surface area contributed by atoms with Crippen LogP contribution in [0, 0.1) is 0 Å². The molecule has 1 N–H and O–H groups in total. The average molecular weight is 564 g/mol. The van der Waals surface area contributed by atoms with E-state index in [1.807, 2.05) is 0 Å². The molecule has 11 nitrogen and oxygen atoms in total. The van der Waals surface area contributed by atoms with Gasteiger partial charge in [-0.15, -0.1) is 10.2 Å². The van der Waals surface area contributed by atoms with Gasteiger partial charge in [-0.25, -0.2) is 24.2 Å². The van der Waals surface area contributed by atoms with Crippen LogP contribution in [-0.2, 0) is 17.9 Å². The molecule has 39 heavy (non-hydrogen) atoms. The topological polar surface area (TPSA) is 120 Å². The van der Waals surface area contributed by atoms with Gasteiger partial charge >= 0.3 is 11.9 Å². The zero-order valence-electron chi connectivity index (χ0n) is 20.1. The highest BCUT2D eigenvalue weighted by molar-refractivity contribution is 6.30. The molecule has 0 bridgehead atoms. The number of hydroxylamine groups is 2. The minimum absolute atomic E-state index is 0.0963. The third-order valence-electron chi connectivity index (χ3n) is 5.95. The Bertz CT molecular complexity index is 1540. The molecule has 0 spiro atoms. The first-order valence-electron chi connectivity index (χ1n) is 11.7. The number of aliphatic hydroxyl groups excluding tert-OH is 1. The maximum Gasteiger partial charge on any atom is 0.416 e. The number of aromatic nitrogens is 6. The lowest BCUT2D eigenvalue weighted by Crippen LogP contribution is -2.37. The molecule has 0 radical (unpaired) electrons. The first-order chi connectivity index (χ1) is 18.6. The van der Waals surface area contributed by atoms with Crippen LogP contribution in [0.4, 0.5) is 13.2 Å². The molecule has 15 heteroatoms. The van der Waals surface area contributed by atoms with E-state index in [-0.39, 0.29) is 24.1 Å². The third kappa shape index (κ3) is 5.57. The van der Waals surface area contributed by atoms with E-state index in [2.05, 4.69) is 15.2 Å². The zero-order chi connectivity index (χ0) is 27.7. The monoisotopic (exact) mass is 563 g/mol. The van der Waals surface area contributed by atoms with E-state index in [1.165, 1.54) is 40.3 Å². The molecule has 2 aromatic heterocycles. The molecule has 1 aliphatic rings. The van der Waals surface area contributed by atoms with Gasteiger partial charge in [0.1, 0.15) is 12.9 Å². The van der Waals surface area contributed by atoms with Gasteiger partial charge in [-0.2, -0.15) is 13.2 Å². The molecule has 0 saturated carbocycles. The second-order valence-corrected chi connectivity index (χ2v) is 9.09. The van der Waals surface area contributed by atoms with Gasteiger partial charge in [0.05, 0.1) is 30.9 Å². The highest BCUT2D eigenvalue weighted by Crippen LogP contribution is 2.24. The van der Waals surface area contributed by atoms with Crippen molar-refractivity contribution in [3.63, 3.8) is 0 Å². The summed E-state index contributed by atoms with van der Waals surface area (Å²) in [5.41, 5.74) is 0.161. The van der Waals surface area contributed by atoms with E-state index >= 15 is 0 Å². The van der Waals surface area contributed by atoms with Gasteiger partial charge in [-0.05, 0) is 42.8 Å². The van der Waals surface area contributed by atoms with Crippen LogP contribution >= 0.6 is 11.6 Å². The van der Waals surface area contributed by atoms with Crippen LogP contribution in [0.5, 0.6) is 0 Å². The molecule has 0 aliphatic carbocycles. The second kappa shape index (κ2) is 10.6. The number of nitrogens with zero attached hydrogens (tertiary/aromatic N) is 7. The molecule has 1 atom stereocenters. The van der Waals surface area contributed by atoms with Crippen molar-refractivity contribution in [2.45, 2.75) is 31.8 Å². The molecule has 1 aliphatic heterocycles. The van der Waals surface area contributed by atoms with Crippen molar-refractivity contribution in [2.75, 3.05) is 13.2 Å². The van der Waals surface area contributed by atoms with E-state index in [1.54, 1.807) is 24.3 Å². The quantitative estimate of drug-likeness (QED) is 0.367. The normalized spacial score (nSPS) is 14.6. The summed E-state index contributed by atoms with van der Waals surface area (Å²) < 4.78 is 42.3. The fraction of sp³-hybridized carbons (Fsp3) is 0.292.